The lowest BCUT2D eigenvalue weighted by atomic mass is 10.2. The first-order valence-corrected chi connectivity index (χ1v) is 8.61. The molecule has 2 rings (SSSR count). The summed E-state index contributed by atoms with van der Waals surface area (Å²) in [4.78, 5) is 26.2. The molecule has 0 saturated heterocycles. The highest BCUT2D eigenvalue weighted by molar-refractivity contribution is 7.12. The molecule has 1 unspecified atom stereocenters. The van der Waals surface area contributed by atoms with Crippen molar-refractivity contribution < 1.29 is 19.1 Å². The number of methoxy groups -OCH3 is 1. The Bertz CT molecular complexity index is 794. The molecule has 1 atom stereocenters. The highest BCUT2D eigenvalue weighted by atomic mass is 32.1. The van der Waals surface area contributed by atoms with Crippen molar-refractivity contribution in [1.29, 1.82) is 0 Å². The molecular weight excluding hydrogens is 338 g/mol. The van der Waals surface area contributed by atoms with E-state index in [0.717, 1.165) is 15.3 Å². The maximum absolute atomic E-state index is 12.2. The van der Waals surface area contributed by atoms with E-state index in [1.165, 1.54) is 20.1 Å². The van der Waals surface area contributed by atoms with E-state index in [0.29, 0.717) is 11.4 Å². The summed E-state index contributed by atoms with van der Waals surface area (Å²) in [5.74, 6) is -0.437. The number of amides is 1. The molecule has 0 bridgehead atoms. The fraction of sp³-hybridized carbons (Fsp3) is 0.263. The summed E-state index contributed by atoms with van der Waals surface area (Å²) < 4.78 is 10.4. The molecule has 1 amide bonds. The van der Waals surface area contributed by atoms with Gasteiger partial charge in [-0.05, 0) is 56.7 Å². The van der Waals surface area contributed by atoms with E-state index in [1.807, 2.05) is 32.0 Å². The molecular formula is C19H21NO4S. The van der Waals surface area contributed by atoms with Crippen LogP contribution in [0.1, 0.15) is 22.2 Å². The molecule has 1 N–H and O–H groups in total. The van der Waals surface area contributed by atoms with Gasteiger partial charge in [0.15, 0.2) is 6.10 Å². The summed E-state index contributed by atoms with van der Waals surface area (Å²) in [5.41, 5.74) is 1.52. The van der Waals surface area contributed by atoms with Gasteiger partial charge in [0.25, 0.3) is 5.91 Å². The van der Waals surface area contributed by atoms with Crippen LogP contribution in [0.25, 0.3) is 6.08 Å². The quantitative estimate of drug-likeness (QED) is 0.626. The summed E-state index contributed by atoms with van der Waals surface area (Å²) in [6, 6.07) is 9.34. The van der Waals surface area contributed by atoms with Crippen LogP contribution in [0.2, 0.25) is 0 Å². The predicted molar refractivity (Wildman–Crippen MR) is 100 cm³/mol. The molecule has 0 aliphatic heterocycles. The number of anilines is 1. The fourth-order valence-electron chi connectivity index (χ4n) is 2.11. The summed E-state index contributed by atoms with van der Waals surface area (Å²) in [6.07, 6.45) is 2.07. The average molecular weight is 359 g/mol. The van der Waals surface area contributed by atoms with Crippen LogP contribution in [0.5, 0.6) is 5.75 Å². The summed E-state index contributed by atoms with van der Waals surface area (Å²) in [5, 5.41) is 2.72. The zero-order valence-corrected chi connectivity index (χ0v) is 15.5. The Morgan fingerprint density at radius 1 is 1.20 bits per heavy atom. The number of ether oxygens (including phenoxy) is 2. The fourth-order valence-corrected chi connectivity index (χ4v) is 2.89. The Morgan fingerprint density at radius 3 is 2.60 bits per heavy atom. The molecule has 0 spiro atoms. The van der Waals surface area contributed by atoms with E-state index in [2.05, 4.69) is 5.32 Å². The van der Waals surface area contributed by atoms with Gasteiger partial charge in [-0.15, -0.1) is 11.3 Å². The van der Waals surface area contributed by atoms with Gasteiger partial charge in [0.05, 0.1) is 12.8 Å². The molecule has 0 aliphatic carbocycles. The van der Waals surface area contributed by atoms with Crippen molar-refractivity contribution >= 4 is 35.0 Å². The van der Waals surface area contributed by atoms with Crippen LogP contribution in [0.3, 0.4) is 0 Å². The number of carbonyl (C=O) groups is 2. The van der Waals surface area contributed by atoms with Gasteiger partial charge in [-0.1, -0.05) is 6.07 Å². The average Bonchev–Trinajstić information content (AvgIpc) is 2.98. The van der Waals surface area contributed by atoms with Crippen molar-refractivity contribution in [1.82, 2.24) is 0 Å². The monoisotopic (exact) mass is 359 g/mol. The molecule has 25 heavy (non-hydrogen) atoms. The third-order valence-corrected chi connectivity index (χ3v) is 4.39. The van der Waals surface area contributed by atoms with Gasteiger partial charge in [0, 0.05) is 15.8 Å². The molecule has 5 nitrogen and oxygen atoms in total. The Morgan fingerprint density at radius 2 is 1.96 bits per heavy atom. The number of rotatable bonds is 6. The standard InChI is InChI=1S/C19H21NO4S/c1-12-5-9-17(23-4)16(11-12)20-19(22)14(3)24-18(21)10-8-15-7-6-13(2)25-15/h5-11,14H,1-4H3,(H,20,22)/b10-8+. The maximum atomic E-state index is 12.2. The van der Waals surface area contributed by atoms with Gasteiger partial charge in [-0.25, -0.2) is 4.79 Å². The second-order valence-electron chi connectivity index (χ2n) is 5.55. The Hall–Kier alpha value is -2.60. The first-order valence-electron chi connectivity index (χ1n) is 7.79. The van der Waals surface area contributed by atoms with Gasteiger partial charge in [0.1, 0.15) is 5.75 Å². The summed E-state index contributed by atoms with van der Waals surface area (Å²) >= 11 is 1.57. The van der Waals surface area contributed by atoms with Gasteiger partial charge in [-0.2, -0.15) is 0 Å². The van der Waals surface area contributed by atoms with Crippen LogP contribution in [-0.2, 0) is 14.3 Å². The lowest BCUT2D eigenvalue weighted by Crippen LogP contribution is -2.29. The molecule has 1 aromatic carbocycles. The molecule has 132 valence electrons. The number of aryl methyl sites for hydroxylation is 2. The number of nitrogens with one attached hydrogen (secondary N) is 1. The van der Waals surface area contributed by atoms with E-state index < -0.39 is 18.0 Å². The van der Waals surface area contributed by atoms with E-state index in [1.54, 1.807) is 29.5 Å². The second kappa shape index (κ2) is 8.48. The van der Waals surface area contributed by atoms with Crippen LogP contribution in [0.4, 0.5) is 5.69 Å². The maximum Gasteiger partial charge on any atom is 0.331 e. The highest BCUT2D eigenvalue weighted by Crippen LogP contribution is 2.25. The van der Waals surface area contributed by atoms with Crippen LogP contribution in [0.15, 0.2) is 36.4 Å². The van der Waals surface area contributed by atoms with Gasteiger partial charge in [0.2, 0.25) is 0 Å². The molecule has 0 radical (unpaired) electrons. The van der Waals surface area contributed by atoms with Crippen molar-refractivity contribution in [3.05, 3.63) is 51.7 Å². The molecule has 0 aliphatic rings. The van der Waals surface area contributed by atoms with Crippen molar-refractivity contribution in [3.8, 4) is 5.75 Å². The van der Waals surface area contributed by atoms with E-state index in [-0.39, 0.29) is 0 Å². The number of hydrogen-bond donors (Lipinski definition) is 1. The van der Waals surface area contributed by atoms with Crippen molar-refractivity contribution in [2.75, 3.05) is 12.4 Å². The number of thiophene rings is 1. The van der Waals surface area contributed by atoms with Gasteiger partial charge >= 0.3 is 5.97 Å². The minimum absolute atomic E-state index is 0.419. The Labute approximate surface area is 151 Å². The first kappa shape index (κ1) is 18.7. The minimum atomic E-state index is -0.924. The van der Waals surface area contributed by atoms with E-state index >= 15 is 0 Å². The number of esters is 1. The first-order chi connectivity index (χ1) is 11.9. The lowest BCUT2D eigenvalue weighted by molar-refractivity contribution is -0.148. The van der Waals surface area contributed by atoms with Crippen molar-refractivity contribution in [2.45, 2.75) is 26.9 Å². The zero-order chi connectivity index (χ0) is 18.4. The smallest absolute Gasteiger partial charge is 0.331 e. The molecule has 1 heterocycles. The Balaban J connectivity index is 1.94. The summed E-state index contributed by atoms with van der Waals surface area (Å²) in [7, 11) is 1.53. The Kier molecular flexibility index (Phi) is 6.36. The molecule has 0 fully saturated rings. The third kappa shape index (κ3) is 5.46. The number of carbonyl (C=O) groups excluding carboxylic acids is 2. The lowest BCUT2D eigenvalue weighted by Gasteiger charge is -2.15. The third-order valence-electron chi connectivity index (χ3n) is 3.42. The predicted octanol–water partition coefficient (Wildman–Crippen LogP) is 3.96. The number of benzene rings is 1. The zero-order valence-electron chi connectivity index (χ0n) is 14.7. The van der Waals surface area contributed by atoms with Crippen LogP contribution >= 0.6 is 11.3 Å². The van der Waals surface area contributed by atoms with E-state index in [9.17, 15) is 9.59 Å². The van der Waals surface area contributed by atoms with Gasteiger partial charge in [-0.3, -0.25) is 4.79 Å². The van der Waals surface area contributed by atoms with E-state index in [4.69, 9.17) is 9.47 Å². The normalized spacial score (nSPS) is 12.0. The summed E-state index contributed by atoms with van der Waals surface area (Å²) in [6.45, 7) is 5.43. The van der Waals surface area contributed by atoms with Crippen LogP contribution in [-0.4, -0.2) is 25.1 Å². The molecule has 6 heteroatoms. The largest absolute Gasteiger partial charge is 0.495 e. The van der Waals surface area contributed by atoms with Crippen molar-refractivity contribution in [2.24, 2.45) is 0 Å². The number of hydrogen-bond acceptors (Lipinski definition) is 5. The van der Waals surface area contributed by atoms with Crippen LogP contribution in [0, 0.1) is 13.8 Å². The second-order valence-corrected chi connectivity index (χ2v) is 6.87. The minimum Gasteiger partial charge on any atom is -0.495 e. The van der Waals surface area contributed by atoms with Crippen LogP contribution < -0.4 is 10.1 Å². The molecule has 2 aromatic rings. The molecule has 1 aromatic heterocycles. The molecule has 0 saturated carbocycles. The SMILES string of the molecule is COc1ccc(C)cc1NC(=O)C(C)OC(=O)/C=C/c1ccc(C)s1. The highest BCUT2D eigenvalue weighted by Gasteiger charge is 2.18. The van der Waals surface area contributed by atoms with Crippen molar-refractivity contribution in [3.63, 3.8) is 0 Å². The topological polar surface area (TPSA) is 64.6 Å². The van der Waals surface area contributed by atoms with Gasteiger partial charge < -0.3 is 14.8 Å².